The maximum absolute atomic E-state index is 10.5. The van der Waals surface area contributed by atoms with Crippen LogP contribution in [0.4, 0.5) is 0 Å². The Hall–Kier alpha value is -1.36. The van der Waals surface area contributed by atoms with Gasteiger partial charge in [0.05, 0.1) is 13.2 Å². The van der Waals surface area contributed by atoms with Gasteiger partial charge in [0.1, 0.15) is 0 Å². The van der Waals surface area contributed by atoms with Crippen LogP contribution in [0.15, 0.2) is 42.2 Å². The average molecular weight is 292 g/mol. The number of rotatable bonds is 5. The Kier molecular flexibility index (Phi) is 5.04. The highest BCUT2D eigenvalue weighted by Gasteiger charge is 2.50. The molecule has 1 aliphatic carbocycles. The third-order valence-corrected chi connectivity index (χ3v) is 4.49. The third kappa shape index (κ3) is 2.84. The molecule has 0 saturated heterocycles. The summed E-state index contributed by atoms with van der Waals surface area (Å²) in [4.78, 5) is 0. The second-order valence-electron chi connectivity index (χ2n) is 5.44. The first kappa shape index (κ1) is 16.0. The van der Waals surface area contributed by atoms with E-state index in [1.807, 2.05) is 25.1 Å². The van der Waals surface area contributed by atoms with Crippen LogP contribution in [0.2, 0.25) is 0 Å². The second-order valence-corrected chi connectivity index (χ2v) is 5.44. The minimum Gasteiger partial charge on any atom is -0.496 e. The van der Waals surface area contributed by atoms with Crippen molar-refractivity contribution in [2.75, 3.05) is 21.3 Å². The zero-order chi connectivity index (χ0) is 15.5. The molecule has 3 atom stereocenters. The summed E-state index contributed by atoms with van der Waals surface area (Å²) in [5.41, 5.74) is 1.18. The van der Waals surface area contributed by atoms with Crippen LogP contribution >= 0.6 is 0 Å². The van der Waals surface area contributed by atoms with Gasteiger partial charge in [-0.25, -0.2) is 0 Å². The van der Waals surface area contributed by atoms with Crippen molar-refractivity contribution in [3.05, 3.63) is 47.7 Å². The van der Waals surface area contributed by atoms with Gasteiger partial charge in [-0.05, 0) is 18.1 Å². The summed E-state index contributed by atoms with van der Waals surface area (Å²) in [5, 5.41) is 10.5. The maximum atomic E-state index is 10.5. The van der Waals surface area contributed by atoms with Crippen molar-refractivity contribution in [2.45, 2.75) is 25.2 Å². The lowest BCUT2D eigenvalue weighted by atomic mass is 9.74. The fourth-order valence-electron chi connectivity index (χ4n) is 3.25. The van der Waals surface area contributed by atoms with Gasteiger partial charge >= 0.3 is 0 Å². The highest BCUT2D eigenvalue weighted by molar-refractivity contribution is 5.22. The molecule has 1 aromatic carbocycles. The minimum absolute atomic E-state index is 0.00815. The van der Waals surface area contributed by atoms with Crippen LogP contribution < -0.4 is 0 Å². The van der Waals surface area contributed by atoms with Gasteiger partial charge in [-0.15, -0.1) is 0 Å². The molecule has 4 nitrogen and oxygen atoms in total. The molecule has 116 valence electrons. The van der Waals surface area contributed by atoms with E-state index in [1.165, 1.54) is 5.56 Å². The summed E-state index contributed by atoms with van der Waals surface area (Å²) in [5.74, 6) is -0.487. The van der Waals surface area contributed by atoms with Gasteiger partial charge in [0.15, 0.2) is 5.76 Å². The highest BCUT2D eigenvalue weighted by atomic mass is 16.7. The van der Waals surface area contributed by atoms with Crippen LogP contribution in [-0.2, 0) is 20.6 Å². The summed E-state index contributed by atoms with van der Waals surface area (Å²) < 4.78 is 16.6. The predicted octanol–water partition coefficient (Wildman–Crippen LogP) is 2.38. The van der Waals surface area contributed by atoms with E-state index < -0.39 is 11.9 Å². The molecule has 0 radical (unpaired) electrons. The summed E-state index contributed by atoms with van der Waals surface area (Å²) in [6.07, 6.45) is 1.86. The SMILES string of the molecule is COC1=CC(O)C(Cc2ccccc2)C(C)C1(OC)OC. The van der Waals surface area contributed by atoms with Crippen molar-refractivity contribution in [3.8, 4) is 0 Å². The van der Waals surface area contributed by atoms with Crippen LogP contribution in [0.5, 0.6) is 0 Å². The molecule has 0 aliphatic heterocycles. The smallest absolute Gasteiger partial charge is 0.229 e. The monoisotopic (exact) mass is 292 g/mol. The lowest BCUT2D eigenvalue weighted by Crippen LogP contribution is -2.52. The molecule has 0 heterocycles. The normalized spacial score (nSPS) is 28.0. The first-order valence-corrected chi connectivity index (χ1v) is 7.17. The molecule has 21 heavy (non-hydrogen) atoms. The summed E-state index contributed by atoms with van der Waals surface area (Å²) in [6.45, 7) is 2.02. The van der Waals surface area contributed by atoms with E-state index in [9.17, 15) is 5.11 Å². The zero-order valence-electron chi connectivity index (χ0n) is 13.1. The van der Waals surface area contributed by atoms with Crippen molar-refractivity contribution < 1.29 is 19.3 Å². The maximum Gasteiger partial charge on any atom is 0.229 e. The lowest BCUT2D eigenvalue weighted by molar-refractivity contribution is -0.249. The molecule has 0 amide bonds. The summed E-state index contributed by atoms with van der Waals surface area (Å²) in [7, 11) is 4.77. The number of hydrogen-bond acceptors (Lipinski definition) is 4. The molecule has 0 bridgehead atoms. The van der Waals surface area contributed by atoms with E-state index in [2.05, 4.69) is 12.1 Å². The van der Waals surface area contributed by atoms with E-state index >= 15 is 0 Å². The van der Waals surface area contributed by atoms with Gasteiger partial charge in [-0.3, -0.25) is 0 Å². The van der Waals surface area contributed by atoms with Gasteiger partial charge in [0.25, 0.3) is 0 Å². The van der Waals surface area contributed by atoms with Crippen molar-refractivity contribution in [1.29, 1.82) is 0 Å². The lowest BCUT2D eigenvalue weighted by Gasteiger charge is -2.45. The Morgan fingerprint density at radius 3 is 2.24 bits per heavy atom. The van der Waals surface area contributed by atoms with Crippen molar-refractivity contribution in [3.63, 3.8) is 0 Å². The molecular weight excluding hydrogens is 268 g/mol. The van der Waals surface area contributed by atoms with Crippen LogP contribution in [0.1, 0.15) is 12.5 Å². The predicted molar refractivity (Wildman–Crippen MR) is 80.6 cm³/mol. The highest BCUT2D eigenvalue weighted by Crippen LogP contribution is 2.42. The Bertz CT molecular complexity index is 479. The second kappa shape index (κ2) is 6.60. The Morgan fingerprint density at radius 1 is 1.10 bits per heavy atom. The Labute approximate surface area is 126 Å². The number of aliphatic hydroxyl groups is 1. The molecule has 0 fully saturated rings. The largest absolute Gasteiger partial charge is 0.496 e. The minimum atomic E-state index is -0.951. The van der Waals surface area contributed by atoms with Crippen LogP contribution in [0, 0.1) is 11.8 Å². The molecule has 4 heteroatoms. The van der Waals surface area contributed by atoms with Crippen molar-refractivity contribution >= 4 is 0 Å². The first-order chi connectivity index (χ1) is 10.1. The molecule has 1 N–H and O–H groups in total. The number of benzene rings is 1. The van der Waals surface area contributed by atoms with Crippen molar-refractivity contribution in [2.24, 2.45) is 11.8 Å². The van der Waals surface area contributed by atoms with Gasteiger partial charge in [0, 0.05) is 26.1 Å². The third-order valence-electron chi connectivity index (χ3n) is 4.49. The molecule has 1 aromatic rings. The Morgan fingerprint density at radius 2 is 1.71 bits per heavy atom. The first-order valence-electron chi connectivity index (χ1n) is 7.17. The molecule has 0 aromatic heterocycles. The van der Waals surface area contributed by atoms with E-state index in [0.717, 1.165) is 6.42 Å². The topological polar surface area (TPSA) is 47.9 Å². The molecule has 1 aliphatic rings. The van der Waals surface area contributed by atoms with Crippen molar-refractivity contribution in [1.82, 2.24) is 0 Å². The number of aliphatic hydroxyl groups excluding tert-OH is 1. The van der Waals surface area contributed by atoms with E-state index in [-0.39, 0.29) is 11.8 Å². The van der Waals surface area contributed by atoms with E-state index in [1.54, 1.807) is 27.4 Å². The summed E-state index contributed by atoms with van der Waals surface area (Å²) >= 11 is 0. The zero-order valence-corrected chi connectivity index (χ0v) is 13.1. The molecule has 0 saturated carbocycles. The molecule has 2 rings (SSSR count). The average Bonchev–Trinajstić information content (AvgIpc) is 2.52. The standard InChI is InChI=1S/C17H24O4/c1-12-14(10-13-8-6-5-7-9-13)15(18)11-16(19-2)17(12,20-3)21-4/h5-9,11-12,14-15,18H,10H2,1-4H3. The van der Waals surface area contributed by atoms with Gasteiger partial charge in [-0.1, -0.05) is 37.3 Å². The summed E-state index contributed by atoms with van der Waals surface area (Å²) in [6, 6.07) is 10.1. The van der Waals surface area contributed by atoms with Crippen LogP contribution in [-0.4, -0.2) is 38.3 Å². The number of methoxy groups -OCH3 is 3. The number of hydrogen-bond donors (Lipinski definition) is 1. The van der Waals surface area contributed by atoms with Gasteiger partial charge in [0.2, 0.25) is 5.79 Å². The van der Waals surface area contributed by atoms with E-state index in [0.29, 0.717) is 5.76 Å². The molecule has 0 spiro atoms. The fourth-order valence-corrected chi connectivity index (χ4v) is 3.25. The van der Waals surface area contributed by atoms with Crippen LogP contribution in [0.25, 0.3) is 0 Å². The van der Waals surface area contributed by atoms with Gasteiger partial charge < -0.3 is 19.3 Å². The van der Waals surface area contributed by atoms with Crippen LogP contribution in [0.3, 0.4) is 0 Å². The fraction of sp³-hybridized carbons (Fsp3) is 0.529. The quantitative estimate of drug-likeness (QED) is 0.847. The Balaban J connectivity index is 2.33. The van der Waals surface area contributed by atoms with Gasteiger partial charge in [-0.2, -0.15) is 0 Å². The molecular formula is C17H24O4. The molecule has 3 unspecified atom stereocenters. The number of ether oxygens (including phenoxy) is 3. The van der Waals surface area contributed by atoms with E-state index in [4.69, 9.17) is 14.2 Å².